The largest absolute Gasteiger partial charge is 0.362 e. The number of carbonyl (C=O) groups is 1. The van der Waals surface area contributed by atoms with Crippen LogP contribution < -0.4 is 5.32 Å². The lowest BCUT2D eigenvalue weighted by Crippen LogP contribution is -2.41. The number of hydrogen-bond donors (Lipinski definition) is 1. The Labute approximate surface area is 83.0 Å². The molecule has 0 spiro atoms. The summed E-state index contributed by atoms with van der Waals surface area (Å²) in [6.45, 7) is 2.36. The van der Waals surface area contributed by atoms with Crippen molar-refractivity contribution in [3.8, 4) is 0 Å². The lowest BCUT2D eigenvalue weighted by atomic mass is 10.3. The Kier molecular flexibility index (Phi) is 4.02. The van der Waals surface area contributed by atoms with E-state index in [0.717, 1.165) is 25.3 Å². The highest BCUT2D eigenvalue weighted by Crippen LogP contribution is 1.98. The molecule has 74 valence electrons. The van der Waals surface area contributed by atoms with Gasteiger partial charge < -0.3 is 10.2 Å². The van der Waals surface area contributed by atoms with Crippen molar-refractivity contribution in [2.45, 2.75) is 6.42 Å². The highest BCUT2D eigenvalue weighted by atomic mass is 35.5. The molecule has 0 atom stereocenters. The van der Waals surface area contributed by atoms with Crippen LogP contribution in [0.4, 0.5) is 0 Å². The van der Waals surface area contributed by atoms with Gasteiger partial charge in [-0.05, 0) is 6.42 Å². The summed E-state index contributed by atoms with van der Waals surface area (Å²) in [7, 11) is 1.98. The molecular formula is C8H14ClN3O. The third-order valence-electron chi connectivity index (χ3n) is 1.95. The van der Waals surface area contributed by atoms with Gasteiger partial charge in [0.2, 0.25) is 5.91 Å². The lowest BCUT2D eigenvalue weighted by molar-refractivity contribution is -0.118. The molecule has 1 rings (SSSR count). The van der Waals surface area contributed by atoms with Crippen LogP contribution in [0.2, 0.25) is 0 Å². The molecule has 1 N–H and O–H groups in total. The van der Waals surface area contributed by atoms with Crippen molar-refractivity contribution < 1.29 is 4.79 Å². The third-order valence-corrected chi connectivity index (χ3v) is 2.19. The normalized spacial score (nSPS) is 16.8. The number of rotatable bonds is 3. The van der Waals surface area contributed by atoms with Crippen molar-refractivity contribution in [1.29, 1.82) is 0 Å². The smallest absolute Gasteiger partial charge is 0.235 e. The van der Waals surface area contributed by atoms with Crippen molar-refractivity contribution in [3.63, 3.8) is 0 Å². The van der Waals surface area contributed by atoms with E-state index >= 15 is 0 Å². The first-order valence-electron chi connectivity index (χ1n) is 4.31. The van der Waals surface area contributed by atoms with Crippen LogP contribution >= 0.6 is 11.6 Å². The van der Waals surface area contributed by atoms with Gasteiger partial charge in [0, 0.05) is 20.1 Å². The summed E-state index contributed by atoms with van der Waals surface area (Å²) in [5.41, 5.74) is 0. The minimum Gasteiger partial charge on any atom is -0.362 e. The number of carbonyl (C=O) groups excluding carboxylic acids is 1. The second-order valence-corrected chi connectivity index (χ2v) is 3.25. The zero-order chi connectivity index (χ0) is 9.68. The minimum atomic E-state index is -0.150. The number of nitrogens with zero attached hydrogens (tertiary/aromatic N) is 2. The van der Waals surface area contributed by atoms with Crippen LogP contribution in [-0.4, -0.2) is 49.2 Å². The zero-order valence-corrected chi connectivity index (χ0v) is 8.47. The van der Waals surface area contributed by atoms with E-state index in [1.165, 1.54) is 0 Å². The summed E-state index contributed by atoms with van der Waals surface area (Å²) >= 11 is 5.34. The Hall–Kier alpha value is -0.770. The number of likely N-dealkylation sites (N-methyl/N-ethyl adjacent to an activating group) is 1. The Balaban J connectivity index is 2.35. The van der Waals surface area contributed by atoms with Gasteiger partial charge in [0.05, 0.1) is 6.54 Å². The summed E-state index contributed by atoms with van der Waals surface area (Å²) < 4.78 is 0. The Morgan fingerprint density at radius 1 is 1.77 bits per heavy atom. The van der Waals surface area contributed by atoms with Crippen molar-refractivity contribution >= 4 is 23.3 Å². The second kappa shape index (κ2) is 5.07. The van der Waals surface area contributed by atoms with Crippen molar-refractivity contribution in [2.24, 2.45) is 4.99 Å². The Bertz CT molecular complexity index is 217. The standard InChI is InChI=1S/C8H14ClN3O/c1-12-4-2-3-10-7(12)6-11-8(13)5-9/h2-6H2,1H3,(H,11,13). The third kappa shape index (κ3) is 3.22. The van der Waals surface area contributed by atoms with E-state index < -0.39 is 0 Å². The van der Waals surface area contributed by atoms with E-state index in [4.69, 9.17) is 11.6 Å². The van der Waals surface area contributed by atoms with Gasteiger partial charge >= 0.3 is 0 Å². The SMILES string of the molecule is CN1CCCN=C1CNC(=O)CCl. The molecule has 0 aromatic heterocycles. The number of halogens is 1. The average molecular weight is 204 g/mol. The molecule has 1 aliphatic rings. The van der Waals surface area contributed by atoms with Gasteiger partial charge in [0.15, 0.2) is 0 Å². The molecule has 13 heavy (non-hydrogen) atoms. The van der Waals surface area contributed by atoms with Crippen LogP contribution in [0.1, 0.15) is 6.42 Å². The van der Waals surface area contributed by atoms with Crippen LogP contribution in [0.3, 0.4) is 0 Å². The maximum absolute atomic E-state index is 10.8. The second-order valence-electron chi connectivity index (χ2n) is 2.98. The highest BCUT2D eigenvalue weighted by Gasteiger charge is 2.10. The molecule has 0 aromatic carbocycles. The Morgan fingerprint density at radius 3 is 3.15 bits per heavy atom. The van der Waals surface area contributed by atoms with Gasteiger partial charge in [-0.3, -0.25) is 9.79 Å². The van der Waals surface area contributed by atoms with Crippen LogP contribution in [0.25, 0.3) is 0 Å². The molecular weight excluding hydrogens is 190 g/mol. The minimum absolute atomic E-state index is 0.0109. The van der Waals surface area contributed by atoms with Crippen molar-refractivity contribution in [1.82, 2.24) is 10.2 Å². The van der Waals surface area contributed by atoms with Crippen molar-refractivity contribution in [3.05, 3.63) is 0 Å². The van der Waals surface area contributed by atoms with Crippen LogP contribution in [0.15, 0.2) is 4.99 Å². The summed E-state index contributed by atoms with van der Waals surface area (Å²) in [6.07, 6.45) is 1.09. The molecule has 0 saturated heterocycles. The molecule has 4 nitrogen and oxygen atoms in total. The monoisotopic (exact) mass is 203 g/mol. The molecule has 0 saturated carbocycles. The number of amidine groups is 1. The molecule has 5 heteroatoms. The highest BCUT2D eigenvalue weighted by molar-refractivity contribution is 6.27. The van der Waals surface area contributed by atoms with E-state index in [1.54, 1.807) is 0 Å². The first-order valence-corrected chi connectivity index (χ1v) is 4.84. The van der Waals surface area contributed by atoms with Gasteiger partial charge in [-0.15, -0.1) is 11.6 Å². The number of nitrogens with one attached hydrogen (secondary N) is 1. The summed E-state index contributed by atoms with van der Waals surface area (Å²) in [6, 6.07) is 0. The molecule has 1 amide bonds. The Morgan fingerprint density at radius 2 is 2.54 bits per heavy atom. The van der Waals surface area contributed by atoms with Crippen LogP contribution in [-0.2, 0) is 4.79 Å². The molecule has 0 fully saturated rings. The van der Waals surface area contributed by atoms with Crippen molar-refractivity contribution in [2.75, 3.05) is 32.6 Å². The van der Waals surface area contributed by atoms with E-state index in [1.807, 2.05) is 7.05 Å². The first-order chi connectivity index (χ1) is 6.24. The summed E-state index contributed by atoms with van der Waals surface area (Å²) in [5, 5.41) is 2.69. The molecule has 1 heterocycles. The molecule has 0 bridgehead atoms. The number of amides is 1. The zero-order valence-electron chi connectivity index (χ0n) is 7.72. The molecule has 1 aliphatic heterocycles. The predicted molar refractivity (Wildman–Crippen MR) is 53.3 cm³/mol. The van der Waals surface area contributed by atoms with Gasteiger partial charge in [-0.1, -0.05) is 0 Å². The fourth-order valence-electron chi connectivity index (χ4n) is 1.18. The summed E-state index contributed by atoms with van der Waals surface area (Å²) in [5.74, 6) is 0.796. The molecule has 0 aliphatic carbocycles. The topological polar surface area (TPSA) is 44.7 Å². The number of aliphatic imine (C=N–C) groups is 1. The van der Waals surface area contributed by atoms with Gasteiger partial charge in [-0.25, -0.2) is 0 Å². The lowest BCUT2D eigenvalue weighted by Gasteiger charge is -2.25. The maximum Gasteiger partial charge on any atom is 0.235 e. The number of alkyl halides is 1. The first kappa shape index (κ1) is 10.3. The average Bonchev–Trinajstić information content (AvgIpc) is 2.16. The molecule has 0 radical (unpaired) electrons. The van der Waals surface area contributed by atoms with E-state index in [-0.39, 0.29) is 11.8 Å². The fourth-order valence-corrected chi connectivity index (χ4v) is 1.28. The fraction of sp³-hybridized carbons (Fsp3) is 0.750. The van der Waals surface area contributed by atoms with E-state index in [2.05, 4.69) is 15.2 Å². The quantitative estimate of drug-likeness (QED) is 0.661. The number of hydrogen-bond acceptors (Lipinski definition) is 3. The van der Waals surface area contributed by atoms with Gasteiger partial charge in [0.1, 0.15) is 11.7 Å². The summed E-state index contributed by atoms with van der Waals surface area (Å²) in [4.78, 5) is 17.2. The van der Waals surface area contributed by atoms with E-state index in [9.17, 15) is 4.79 Å². The predicted octanol–water partition coefficient (Wildman–Crippen LogP) is 0.0754. The van der Waals surface area contributed by atoms with E-state index in [0.29, 0.717) is 6.54 Å². The molecule has 0 aromatic rings. The van der Waals surface area contributed by atoms with Crippen LogP contribution in [0, 0.1) is 0 Å². The van der Waals surface area contributed by atoms with Crippen LogP contribution in [0.5, 0.6) is 0 Å². The van der Waals surface area contributed by atoms with Gasteiger partial charge in [-0.2, -0.15) is 0 Å². The maximum atomic E-state index is 10.8. The molecule has 0 unspecified atom stereocenters. The van der Waals surface area contributed by atoms with Gasteiger partial charge in [0.25, 0.3) is 0 Å².